The lowest BCUT2D eigenvalue weighted by Gasteiger charge is -2.41. The van der Waals surface area contributed by atoms with Crippen molar-refractivity contribution >= 4 is 22.8 Å². The predicted octanol–water partition coefficient (Wildman–Crippen LogP) is 4.57. The van der Waals surface area contributed by atoms with Gasteiger partial charge in [-0.2, -0.15) is 10.4 Å². The van der Waals surface area contributed by atoms with Crippen molar-refractivity contribution in [3.63, 3.8) is 0 Å². The second-order valence-electron chi connectivity index (χ2n) is 10.8. The van der Waals surface area contributed by atoms with E-state index in [1.807, 2.05) is 42.7 Å². The number of piperazine rings is 1. The van der Waals surface area contributed by atoms with Crippen LogP contribution in [0.4, 0.5) is 5.82 Å². The maximum atomic E-state index is 13.4. The smallest absolute Gasteiger partial charge is 0.254 e. The molecule has 2 saturated heterocycles. The van der Waals surface area contributed by atoms with E-state index in [0.717, 1.165) is 60.4 Å². The standard InChI is InChI=1S/C32H30N6O3/c1-40-28-4-2-3-22(13-28)32(39)38-26-6-7-27(38)20-36(19-26)30-8-5-23(16-34-30)29-14-24(21-9-11-41-12-10-21)18-37-31(29)25(15-33)17-35-37/h2-5,8-9,13-14,16-18,26-27H,6-7,10-12,19-20H2,1H3. The van der Waals surface area contributed by atoms with Crippen molar-refractivity contribution in [2.45, 2.75) is 31.3 Å². The number of hydrogen-bond acceptors (Lipinski definition) is 7. The topological polar surface area (TPSA) is 96.0 Å². The molecule has 2 atom stereocenters. The van der Waals surface area contributed by atoms with Gasteiger partial charge in [-0.3, -0.25) is 4.79 Å². The van der Waals surface area contributed by atoms with E-state index in [1.54, 1.807) is 17.8 Å². The minimum absolute atomic E-state index is 0.0667. The molecule has 0 spiro atoms. The second-order valence-corrected chi connectivity index (χ2v) is 10.8. The number of methoxy groups -OCH3 is 1. The highest BCUT2D eigenvalue weighted by Crippen LogP contribution is 2.36. The normalized spacial score (nSPS) is 20.1. The Balaban J connectivity index is 1.15. The molecule has 2 unspecified atom stereocenters. The number of fused-ring (bicyclic) bond motifs is 3. The zero-order valence-corrected chi connectivity index (χ0v) is 22.9. The Morgan fingerprint density at radius 3 is 2.66 bits per heavy atom. The number of carbonyl (C=O) groups excluding carboxylic acids is 1. The number of anilines is 1. The fraction of sp³-hybridized carbons (Fsp3) is 0.312. The van der Waals surface area contributed by atoms with E-state index in [2.05, 4.69) is 39.2 Å². The van der Waals surface area contributed by atoms with Gasteiger partial charge in [0.2, 0.25) is 0 Å². The van der Waals surface area contributed by atoms with E-state index in [0.29, 0.717) is 30.1 Å². The number of ether oxygens (including phenoxy) is 2. The van der Waals surface area contributed by atoms with Crippen molar-refractivity contribution in [2.75, 3.05) is 38.3 Å². The predicted molar refractivity (Wildman–Crippen MR) is 155 cm³/mol. The Bertz CT molecular complexity index is 1690. The van der Waals surface area contributed by atoms with E-state index in [4.69, 9.17) is 14.5 Å². The third-order valence-electron chi connectivity index (χ3n) is 8.48. The third-order valence-corrected chi connectivity index (χ3v) is 8.48. The molecular weight excluding hydrogens is 516 g/mol. The average Bonchev–Trinajstić information content (AvgIpc) is 3.57. The molecule has 4 aromatic rings. The Morgan fingerprint density at radius 2 is 1.95 bits per heavy atom. The average molecular weight is 547 g/mol. The highest BCUT2D eigenvalue weighted by Gasteiger charge is 2.43. The first-order chi connectivity index (χ1) is 20.1. The van der Waals surface area contributed by atoms with Gasteiger partial charge >= 0.3 is 0 Å². The summed E-state index contributed by atoms with van der Waals surface area (Å²) in [6.07, 6.45) is 10.4. The summed E-state index contributed by atoms with van der Waals surface area (Å²) < 4.78 is 12.6. The van der Waals surface area contributed by atoms with Gasteiger partial charge in [-0.15, -0.1) is 0 Å². The number of benzene rings is 1. The number of hydrogen-bond donors (Lipinski definition) is 0. The molecule has 1 amide bonds. The number of amides is 1. The lowest BCUT2D eigenvalue weighted by molar-refractivity contribution is 0.0640. The quantitative estimate of drug-likeness (QED) is 0.362. The lowest BCUT2D eigenvalue weighted by atomic mass is 9.98. The molecule has 0 aliphatic carbocycles. The van der Waals surface area contributed by atoms with Gasteiger partial charge in [-0.25, -0.2) is 9.50 Å². The number of nitriles is 1. The summed E-state index contributed by atoms with van der Waals surface area (Å²) in [6.45, 7) is 2.78. The van der Waals surface area contributed by atoms with Gasteiger partial charge in [0.25, 0.3) is 5.91 Å². The first-order valence-corrected chi connectivity index (χ1v) is 14.0. The van der Waals surface area contributed by atoms with Crippen LogP contribution in [0, 0.1) is 11.3 Å². The van der Waals surface area contributed by atoms with Crippen molar-refractivity contribution in [1.29, 1.82) is 5.26 Å². The molecule has 3 aliphatic rings. The van der Waals surface area contributed by atoms with Gasteiger partial charge < -0.3 is 19.3 Å². The van der Waals surface area contributed by atoms with Crippen LogP contribution in [-0.2, 0) is 4.74 Å². The first kappa shape index (κ1) is 25.3. The van der Waals surface area contributed by atoms with Crippen LogP contribution < -0.4 is 9.64 Å². The molecule has 0 N–H and O–H groups in total. The molecule has 9 heteroatoms. The molecule has 6 heterocycles. The highest BCUT2D eigenvalue weighted by atomic mass is 16.5. The fourth-order valence-corrected chi connectivity index (χ4v) is 6.45. The molecule has 0 saturated carbocycles. The van der Waals surface area contributed by atoms with Crippen LogP contribution >= 0.6 is 0 Å². The van der Waals surface area contributed by atoms with Gasteiger partial charge in [0.1, 0.15) is 17.6 Å². The molecule has 2 bridgehead atoms. The number of carbonyl (C=O) groups is 1. The number of nitrogens with zero attached hydrogens (tertiary/aromatic N) is 6. The molecule has 206 valence electrons. The van der Waals surface area contributed by atoms with Crippen molar-refractivity contribution in [1.82, 2.24) is 19.5 Å². The van der Waals surface area contributed by atoms with Crippen molar-refractivity contribution in [3.05, 3.63) is 83.8 Å². The summed E-state index contributed by atoms with van der Waals surface area (Å²) in [7, 11) is 1.62. The number of pyridine rings is 2. The summed E-state index contributed by atoms with van der Waals surface area (Å²) in [4.78, 5) is 22.7. The third kappa shape index (κ3) is 4.50. The summed E-state index contributed by atoms with van der Waals surface area (Å²) in [5.41, 5.74) is 6.12. The van der Waals surface area contributed by atoms with Crippen molar-refractivity contribution in [2.24, 2.45) is 0 Å². The van der Waals surface area contributed by atoms with Crippen LogP contribution in [0.25, 0.3) is 22.2 Å². The number of rotatable bonds is 5. The SMILES string of the molecule is COc1cccc(C(=O)N2C3CCC2CN(c2ccc(-c4cc(C5=CCOCC5)cn5ncc(C#N)c45)cn2)C3)c1. The van der Waals surface area contributed by atoms with E-state index < -0.39 is 0 Å². The molecule has 9 nitrogen and oxygen atoms in total. The molecule has 3 aromatic heterocycles. The van der Waals surface area contributed by atoms with Gasteiger partial charge in [0, 0.05) is 42.2 Å². The van der Waals surface area contributed by atoms with Crippen LogP contribution in [-0.4, -0.2) is 70.9 Å². The first-order valence-electron chi connectivity index (χ1n) is 14.0. The zero-order chi connectivity index (χ0) is 27.9. The molecule has 1 aromatic carbocycles. The second kappa shape index (κ2) is 10.4. The molecular formula is C32H30N6O3. The van der Waals surface area contributed by atoms with Crippen LogP contribution in [0.5, 0.6) is 5.75 Å². The lowest BCUT2D eigenvalue weighted by Crippen LogP contribution is -2.56. The Kier molecular flexibility index (Phi) is 6.40. The van der Waals surface area contributed by atoms with E-state index in [1.165, 1.54) is 5.57 Å². The molecule has 41 heavy (non-hydrogen) atoms. The summed E-state index contributed by atoms with van der Waals surface area (Å²) in [6, 6.07) is 16.2. The summed E-state index contributed by atoms with van der Waals surface area (Å²) >= 11 is 0. The minimum atomic E-state index is 0.0667. The van der Waals surface area contributed by atoms with Crippen LogP contribution in [0.3, 0.4) is 0 Å². The zero-order valence-electron chi connectivity index (χ0n) is 22.9. The maximum Gasteiger partial charge on any atom is 0.254 e. The molecule has 7 rings (SSSR count). The van der Waals surface area contributed by atoms with Crippen molar-refractivity contribution in [3.8, 4) is 22.9 Å². The van der Waals surface area contributed by atoms with E-state index in [9.17, 15) is 10.1 Å². The Morgan fingerprint density at radius 1 is 1.10 bits per heavy atom. The van der Waals surface area contributed by atoms with Crippen LogP contribution in [0.2, 0.25) is 0 Å². The molecule has 0 radical (unpaired) electrons. The number of aromatic nitrogens is 3. The fourth-order valence-electron chi connectivity index (χ4n) is 6.45. The largest absolute Gasteiger partial charge is 0.497 e. The van der Waals surface area contributed by atoms with Crippen LogP contribution in [0.15, 0.2) is 67.1 Å². The molecule has 2 fully saturated rings. The van der Waals surface area contributed by atoms with Crippen LogP contribution in [0.1, 0.15) is 40.7 Å². The summed E-state index contributed by atoms with van der Waals surface area (Å²) in [5, 5.41) is 14.2. The van der Waals surface area contributed by atoms with Gasteiger partial charge in [0.15, 0.2) is 0 Å². The monoisotopic (exact) mass is 546 g/mol. The minimum Gasteiger partial charge on any atom is -0.497 e. The Labute approximate surface area is 238 Å². The maximum absolute atomic E-state index is 13.4. The van der Waals surface area contributed by atoms with Gasteiger partial charge in [0.05, 0.1) is 49.7 Å². The Hall–Kier alpha value is -4.68. The van der Waals surface area contributed by atoms with E-state index in [-0.39, 0.29) is 18.0 Å². The molecule has 3 aliphatic heterocycles. The summed E-state index contributed by atoms with van der Waals surface area (Å²) in [5.74, 6) is 1.65. The van der Waals surface area contributed by atoms with Gasteiger partial charge in [-0.05, 0) is 66.8 Å². The van der Waals surface area contributed by atoms with Gasteiger partial charge in [-0.1, -0.05) is 12.1 Å². The van der Waals surface area contributed by atoms with E-state index >= 15 is 0 Å². The highest BCUT2D eigenvalue weighted by molar-refractivity contribution is 5.95. The van der Waals surface area contributed by atoms with Crippen molar-refractivity contribution < 1.29 is 14.3 Å².